The lowest BCUT2D eigenvalue weighted by atomic mass is 10.0. The van der Waals surface area contributed by atoms with E-state index in [9.17, 15) is 5.11 Å². The summed E-state index contributed by atoms with van der Waals surface area (Å²) in [5, 5.41) is 21.7. The molecule has 3 N–H and O–H groups in total. The van der Waals surface area contributed by atoms with E-state index in [1.165, 1.54) is 0 Å². The molecule has 1 atom stereocenters. The minimum absolute atomic E-state index is 0. The molecule has 3 aromatic rings. The van der Waals surface area contributed by atoms with E-state index in [-0.39, 0.29) is 30.5 Å². The number of hydrogen-bond acceptors (Lipinski definition) is 6. The van der Waals surface area contributed by atoms with Gasteiger partial charge < -0.3 is 24.7 Å². The fourth-order valence-electron chi connectivity index (χ4n) is 2.74. The highest BCUT2D eigenvalue weighted by Crippen LogP contribution is 2.23. The molecule has 1 unspecified atom stereocenters. The third-order valence-corrected chi connectivity index (χ3v) is 4.61. The summed E-state index contributed by atoms with van der Waals surface area (Å²) in [6, 6.07) is 10.8. The molecule has 31 heavy (non-hydrogen) atoms. The highest BCUT2D eigenvalue weighted by Gasteiger charge is 2.26. The van der Waals surface area contributed by atoms with Crippen LogP contribution in [0, 0.1) is 6.92 Å². The first-order valence-electron chi connectivity index (χ1n) is 9.77. The van der Waals surface area contributed by atoms with Gasteiger partial charge in [0.2, 0.25) is 11.7 Å². The molecule has 0 aliphatic carbocycles. The lowest BCUT2D eigenvalue weighted by molar-refractivity contribution is 0.0428. The van der Waals surface area contributed by atoms with Crippen LogP contribution in [0.3, 0.4) is 0 Å². The number of rotatable bonds is 8. The van der Waals surface area contributed by atoms with E-state index in [4.69, 9.17) is 20.5 Å². The molecule has 1 aromatic carbocycles. The Balaban J connectivity index is 0.00000341. The molecule has 0 saturated heterocycles. The van der Waals surface area contributed by atoms with Crippen LogP contribution >= 0.6 is 35.6 Å². The number of aromatic nitrogens is 2. The van der Waals surface area contributed by atoms with Crippen LogP contribution < -0.4 is 10.6 Å². The number of guanidine groups is 1. The predicted molar refractivity (Wildman–Crippen MR) is 131 cm³/mol. The van der Waals surface area contributed by atoms with Crippen LogP contribution in [0.1, 0.15) is 31.3 Å². The largest absolute Gasteiger partial charge is 0.463 e. The molecule has 2 aromatic heterocycles. The Labute approximate surface area is 203 Å². The van der Waals surface area contributed by atoms with Gasteiger partial charge in [-0.3, -0.25) is 0 Å². The van der Waals surface area contributed by atoms with Crippen molar-refractivity contribution in [1.29, 1.82) is 0 Å². The second-order valence-corrected chi connectivity index (χ2v) is 7.51. The van der Waals surface area contributed by atoms with Gasteiger partial charge in [0.1, 0.15) is 17.1 Å². The van der Waals surface area contributed by atoms with Gasteiger partial charge in [-0.2, -0.15) is 4.98 Å². The minimum atomic E-state index is -1.20. The van der Waals surface area contributed by atoms with Gasteiger partial charge in [-0.25, -0.2) is 4.99 Å². The van der Waals surface area contributed by atoms with Gasteiger partial charge in [-0.05, 0) is 57.2 Å². The van der Waals surface area contributed by atoms with Crippen molar-refractivity contribution in [2.75, 3.05) is 19.6 Å². The number of halogens is 2. The minimum Gasteiger partial charge on any atom is -0.463 e. The number of benzene rings is 1. The summed E-state index contributed by atoms with van der Waals surface area (Å²) in [5.74, 6) is 2.85. The fraction of sp³-hybridized carbons (Fsp3) is 0.381. The summed E-state index contributed by atoms with van der Waals surface area (Å²) in [6.45, 7) is 6.86. The first kappa shape index (κ1) is 25.2. The summed E-state index contributed by atoms with van der Waals surface area (Å²) in [6.07, 6.45) is 0.527. The molecule has 0 saturated carbocycles. The standard InChI is InChI=1S/C21H26ClN5O3.HI/c1-4-23-20(25-13-21(3,28)17-10-5-14(2)29-17)24-12-11-18-26-19(27-30-18)15-6-8-16(22)9-7-15;/h5-10,28H,4,11-13H2,1-3H3,(H2,23,24,25);1H. The van der Waals surface area contributed by atoms with Crippen molar-refractivity contribution >= 4 is 41.5 Å². The third kappa shape index (κ3) is 7.22. The van der Waals surface area contributed by atoms with E-state index < -0.39 is 5.60 Å². The number of hydrogen-bond donors (Lipinski definition) is 3. The van der Waals surface area contributed by atoms with Crippen LogP contribution in [0.15, 0.2) is 50.3 Å². The lowest BCUT2D eigenvalue weighted by Crippen LogP contribution is -2.39. The van der Waals surface area contributed by atoms with Crippen molar-refractivity contribution in [3.05, 3.63) is 58.8 Å². The van der Waals surface area contributed by atoms with Crippen molar-refractivity contribution in [2.45, 2.75) is 32.8 Å². The number of furan rings is 1. The molecule has 2 heterocycles. The van der Waals surface area contributed by atoms with Crippen molar-refractivity contribution in [1.82, 2.24) is 20.8 Å². The molecule has 10 heteroatoms. The molecule has 0 spiro atoms. The van der Waals surface area contributed by atoms with Crippen LogP contribution in [0.25, 0.3) is 11.4 Å². The maximum absolute atomic E-state index is 10.6. The molecule has 0 bridgehead atoms. The number of aliphatic imine (C=N–C) groups is 1. The van der Waals surface area contributed by atoms with Crippen molar-refractivity contribution in [2.24, 2.45) is 4.99 Å². The zero-order valence-electron chi connectivity index (χ0n) is 17.7. The zero-order valence-corrected chi connectivity index (χ0v) is 20.8. The van der Waals surface area contributed by atoms with Gasteiger partial charge in [0, 0.05) is 30.1 Å². The van der Waals surface area contributed by atoms with Gasteiger partial charge in [0.15, 0.2) is 5.96 Å². The fourth-order valence-corrected chi connectivity index (χ4v) is 2.86. The highest BCUT2D eigenvalue weighted by molar-refractivity contribution is 14.0. The average molecular weight is 560 g/mol. The molecule has 0 aliphatic heterocycles. The molecule has 8 nitrogen and oxygen atoms in total. The van der Waals surface area contributed by atoms with Gasteiger partial charge in [0.05, 0.1) is 6.54 Å². The van der Waals surface area contributed by atoms with E-state index in [2.05, 4.69) is 25.8 Å². The Bertz CT molecular complexity index is 985. The van der Waals surface area contributed by atoms with Crippen LogP contribution in [-0.4, -0.2) is 40.8 Å². The molecular formula is C21H27ClIN5O3. The molecule has 0 fully saturated rings. The van der Waals surface area contributed by atoms with Crippen LogP contribution in [0.4, 0.5) is 0 Å². The van der Waals surface area contributed by atoms with Crippen molar-refractivity contribution in [3.63, 3.8) is 0 Å². The molecule has 0 radical (unpaired) electrons. The van der Waals surface area contributed by atoms with E-state index >= 15 is 0 Å². The van der Waals surface area contributed by atoms with Crippen molar-refractivity contribution in [3.8, 4) is 11.4 Å². The highest BCUT2D eigenvalue weighted by atomic mass is 127. The van der Waals surface area contributed by atoms with Gasteiger partial charge in [-0.1, -0.05) is 16.8 Å². The molecule has 0 amide bonds. The number of nitrogens with one attached hydrogen (secondary N) is 2. The Morgan fingerprint density at radius 2 is 1.94 bits per heavy atom. The summed E-state index contributed by atoms with van der Waals surface area (Å²) < 4.78 is 10.8. The Morgan fingerprint density at radius 1 is 1.19 bits per heavy atom. The third-order valence-electron chi connectivity index (χ3n) is 4.36. The number of aryl methyl sites for hydroxylation is 1. The summed E-state index contributed by atoms with van der Waals surface area (Å²) in [5.41, 5.74) is -0.357. The average Bonchev–Trinajstić information content (AvgIpc) is 3.36. The maximum atomic E-state index is 10.6. The first-order valence-corrected chi connectivity index (χ1v) is 10.1. The normalized spacial score (nSPS) is 13.4. The lowest BCUT2D eigenvalue weighted by Gasteiger charge is -2.19. The summed E-state index contributed by atoms with van der Waals surface area (Å²) in [7, 11) is 0. The second kappa shape index (κ2) is 11.5. The second-order valence-electron chi connectivity index (χ2n) is 7.07. The monoisotopic (exact) mass is 559 g/mol. The SMILES string of the molecule is CCNC(=NCC(C)(O)c1ccc(C)o1)NCCc1nc(-c2ccc(Cl)cc2)no1.I. The zero-order chi connectivity index (χ0) is 21.6. The van der Waals surface area contributed by atoms with Gasteiger partial charge in [0.25, 0.3) is 0 Å². The maximum Gasteiger partial charge on any atom is 0.228 e. The summed E-state index contributed by atoms with van der Waals surface area (Å²) >= 11 is 5.91. The first-order chi connectivity index (χ1) is 14.4. The topological polar surface area (TPSA) is 109 Å². The Hall–Kier alpha value is -2.11. The van der Waals surface area contributed by atoms with Crippen LogP contribution in [0.2, 0.25) is 5.02 Å². The number of nitrogens with zero attached hydrogens (tertiary/aromatic N) is 3. The molecule has 168 valence electrons. The molecule has 3 rings (SSSR count). The van der Waals surface area contributed by atoms with Crippen molar-refractivity contribution < 1.29 is 14.0 Å². The summed E-state index contributed by atoms with van der Waals surface area (Å²) in [4.78, 5) is 8.87. The van der Waals surface area contributed by atoms with Crippen LogP contribution in [0.5, 0.6) is 0 Å². The van der Waals surface area contributed by atoms with Gasteiger partial charge >= 0.3 is 0 Å². The van der Waals surface area contributed by atoms with E-state index in [0.717, 1.165) is 11.3 Å². The smallest absolute Gasteiger partial charge is 0.228 e. The van der Waals surface area contributed by atoms with Crippen LogP contribution in [-0.2, 0) is 12.0 Å². The van der Waals surface area contributed by atoms with E-state index in [0.29, 0.717) is 48.0 Å². The van der Waals surface area contributed by atoms with Gasteiger partial charge in [-0.15, -0.1) is 24.0 Å². The van der Waals surface area contributed by atoms with E-state index in [1.807, 2.05) is 32.0 Å². The number of aliphatic hydroxyl groups is 1. The molecular weight excluding hydrogens is 533 g/mol. The quantitative estimate of drug-likeness (QED) is 0.218. The molecule has 0 aliphatic rings. The predicted octanol–water partition coefficient (Wildman–Crippen LogP) is 3.91. The Morgan fingerprint density at radius 3 is 2.58 bits per heavy atom. The van der Waals surface area contributed by atoms with E-state index in [1.54, 1.807) is 25.1 Å². The Kier molecular flexibility index (Phi) is 9.32.